The van der Waals surface area contributed by atoms with Gasteiger partial charge in [0.15, 0.2) is 0 Å². The van der Waals surface area contributed by atoms with E-state index in [0.29, 0.717) is 5.60 Å². The summed E-state index contributed by atoms with van der Waals surface area (Å²) in [6, 6.07) is 0. The van der Waals surface area contributed by atoms with Gasteiger partial charge in [0.1, 0.15) is 0 Å². The smallest absolute Gasteiger partial charge is 0.0712 e. The maximum atomic E-state index is 5.80. The lowest BCUT2D eigenvalue weighted by Crippen LogP contribution is -2.35. The fourth-order valence-corrected chi connectivity index (χ4v) is 4.32. The Morgan fingerprint density at radius 3 is 3.00 bits per heavy atom. The molecule has 1 heteroatoms. The van der Waals surface area contributed by atoms with Crippen LogP contribution >= 0.6 is 0 Å². The molecular formula is C11H18O. The minimum Gasteiger partial charge on any atom is -0.378 e. The summed E-state index contributed by atoms with van der Waals surface area (Å²) in [6.45, 7) is 0. The van der Waals surface area contributed by atoms with E-state index in [1.165, 1.54) is 38.5 Å². The van der Waals surface area contributed by atoms with Crippen molar-refractivity contribution in [3.63, 3.8) is 0 Å². The zero-order valence-corrected chi connectivity index (χ0v) is 7.88. The molecule has 0 aliphatic heterocycles. The normalized spacial score (nSPS) is 56.2. The van der Waals surface area contributed by atoms with Crippen molar-refractivity contribution in [2.75, 3.05) is 7.11 Å². The molecule has 4 atom stereocenters. The van der Waals surface area contributed by atoms with Gasteiger partial charge >= 0.3 is 0 Å². The van der Waals surface area contributed by atoms with Gasteiger partial charge < -0.3 is 4.74 Å². The van der Waals surface area contributed by atoms with Crippen LogP contribution in [0.4, 0.5) is 0 Å². The summed E-state index contributed by atoms with van der Waals surface area (Å²) in [7, 11) is 1.93. The third-order valence-corrected chi connectivity index (χ3v) is 4.80. The lowest BCUT2D eigenvalue weighted by molar-refractivity contribution is -0.0472. The fraction of sp³-hybridized carbons (Fsp3) is 1.00. The molecule has 12 heavy (non-hydrogen) atoms. The molecule has 1 nitrogen and oxygen atoms in total. The first-order chi connectivity index (χ1) is 5.86. The molecule has 2 bridgehead atoms. The van der Waals surface area contributed by atoms with Crippen LogP contribution in [0.2, 0.25) is 0 Å². The second-order valence-electron chi connectivity index (χ2n) is 4.97. The standard InChI is InChI=1S/C11H18O/c1-12-11-6-5-8(7-11)9-3-2-4-10(9)11/h8-10H,2-7H2,1H3. The summed E-state index contributed by atoms with van der Waals surface area (Å²) in [6.07, 6.45) is 8.62. The molecule has 3 aliphatic rings. The first-order valence-corrected chi connectivity index (χ1v) is 5.41. The summed E-state index contributed by atoms with van der Waals surface area (Å²) >= 11 is 0. The number of fused-ring (bicyclic) bond motifs is 5. The van der Waals surface area contributed by atoms with E-state index in [1.807, 2.05) is 7.11 Å². The lowest BCUT2D eigenvalue weighted by Gasteiger charge is -2.34. The molecule has 3 rings (SSSR count). The SMILES string of the molecule is COC12CCC(C1)C1CCCC12. The van der Waals surface area contributed by atoms with Gasteiger partial charge in [-0.25, -0.2) is 0 Å². The average molecular weight is 166 g/mol. The molecule has 68 valence electrons. The van der Waals surface area contributed by atoms with Crippen molar-refractivity contribution in [2.45, 2.75) is 44.1 Å². The van der Waals surface area contributed by atoms with Gasteiger partial charge in [0, 0.05) is 7.11 Å². The maximum absolute atomic E-state index is 5.80. The van der Waals surface area contributed by atoms with Gasteiger partial charge in [-0.05, 0) is 49.9 Å². The molecule has 0 amide bonds. The average Bonchev–Trinajstić information content (AvgIpc) is 2.76. The van der Waals surface area contributed by atoms with Gasteiger partial charge in [-0.2, -0.15) is 0 Å². The first kappa shape index (κ1) is 7.37. The van der Waals surface area contributed by atoms with Crippen molar-refractivity contribution in [2.24, 2.45) is 17.8 Å². The van der Waals surface area contributed by atoms with Crippen LogP contribution < -0.4 is 0 Å². The molecule has 0 aromatic carbocycles. The third-order valence-electron chi connectivity index (χ3n) is 4.80. The minimum atomic E-state index is 0.353. The van der Waals surface area contributed by atoms with Crippen LogP contribution in [0.1, 0.15) is 38.5 Å². The van der Waals surface area contributed by atoms with Crippen LogP contribution in [0.15, 0.2) is 0 Å². The Balaban J connectivity index is 1.95. The number of rotatable bonds is 1. The molecule has 0 aromatic heterocycles. The third kappa shape index (κ3) is 0.693. The van der Waals surface area contributed by atoms with Gasteiger partial charge in [-0.15, -0.1) is 0 Å². The summed E-state index contributed by atoms with van der Waals surface area (Å²) in [5, 5.41) is 0. The molecule has 4 unspecified atom stereocenters. The Morgan fingerprint density at radius 1 is 1.25 bits per heavy atom. The van der Waals surface area contributed by atoms with E-state index >= 15 is 0 Å². The van der Waals surface area contributed by atoms with Crippen LogP contribution in [-0.4, -0.2) is 12.7 Å². The molecule has 0 N–H and O–H groups in total. The van der Waals surface area contributed by atoms with E-state index in [9.17, 15) is 0 Å². The molecule has 0 saturated heterocycles. The number of hydrogen-bond acceptors (Lipinski definition) is 1. The highest BCUT2D eigenvalue weighted by Gasteiger charge is 2.59. The minimum absolute atomic E-state index is 0.353. The first-order valence-electron chi connectivity index (χ1n) is 5.41. The maximum Gasteiger partial charge on any atom is 0.0712 e. The molecule has 0 heterocycles. The van der Waals surface area contributed by atoms with Crippen LogP contribution in [-0.2, 0) is 4.74 Å². The Bertz CT molecular complexity index is 201. The van der Waals surface area contributed by atoms with Gasteiger partial charge in [-0.3, -0.25) is 0 Å². The quantitative estimate of drug-likeness (QED) is 0.582. The highest BCUT2D eigenvalue weighted by Crippen LogP contribution is 2.62. The topological polar surface area (TPSA) is 9.23 Å². The Hall–Kier alpha value is -0.0400. The van der Waals surface area contributed by atoms with E-state index in [1.54, 1.807) is 0 Å². The summed E-state index contributed by atoms with van der Waals surface area (Å²) in [5.74, 6) is 3.04. The van der Waals surface area contributed by atoms with Crippen molar-refractivity contribution in [3.8, 4) is 0 Å². The highest BCUT2D eigenvalue weighted by molar-refractivity contribution is 5.09. The second-order valence-corrected chi connectivity index (χ2v) is 4.97. The van der Waals surface area contributed by atoms with Crippen LogP contribution in [0.3, 0.4) is 0 Å². The zero-order valence-electron chi connectivity index (χ0n) is 7.88. The Kier molecular flexibility index (Phi) is 1.39. The van der Waals surface area contributed by atoms with Crippen molar-refractivity contribution in [1.29, 1.82) is 0 Å². The predicted octanol–water partition coefficient (Wildman–Crippen LogP) is 2.60. The van der Waals surface area contributed by atoms with E-state index in [4.69, 9.17) is 4.74 Å². The Morgan fingerprint density at radius 2 is 2.17 bits per heavy atom. The van der Waals surface area contributed by atoms with Gasteiger partial charge in [-0.1, -0.05) is 6.42 Å². The van der Waals surface area contributed by atoms with Crippen molar-refractivity contribution >= 4 is 0 Å². The van der Waals surface area contributed by atoms with Gasteiger partial charge in [0.05, 0.1) is 5.60 Å². The predicted molar refractivity (Wildman–Crippen MR) is 47.9 cm³/mol. The number of methoxy groups -OCH3 is 1. The molecule has 3 aliphatic carbocycles. The van der Waals surface area contributed by atoms with E-state index in [0.717, 1.165) is 17.8 Å². The molecule has 3 fully saturated rings. The van der Waals surface area contributed by atoms with Gasteiger partial charge in [0.25, 0.3) is 0 Å². The Labute approximate surface area is 74.5 Å². The zero-order chi connectivity index (χ0) is 8.18. The fourth-order valence-electron chi connectivity index (χ4n) is 4.32. The number of ether oxygens (including phenoxy) is 1. The molecule has 0 aromatic rings. The van der Waals surface area contributed by atoms with Crippen molar-refractivity contribution in [3.05, 3.63) is 0 Å². The summed E-state index contributed by atoms with van der Waals surface area (Å²) < 4.78 is 5.80. The summed E-state index contributed by atoms with van der Waals surface area (Å²) in [4.78, 5) is 0. The number of hydrogen-bond donors (Lipinski definition) is 0. The second kappa shape index (κ2) is 2.25. The van der Waals surface area contributed by atoms with Crippen LogP contribution in [0.5, 0.6) is 0 Å². The monoisotopic (exact) mass is 166 g/mol. The summed E-state index contributed by atoms with van der Waals surface area (Å²) in [5.41, 5.74) is 0.353. The van der Waals surface area contributed by atoms with Gasteiger partial charge in [0.2, 0.25) is 0 Å². The molecule has 0 radical (unpaired) electrons. The van der Waals surface area contributed by atoms with Crippen LogP contribution in [0.25, 0.3) is 0 Å². The van der Waals surface area contributed by atoms with Crippen LogP contribution in [0, 0.1) is 17.8 Å². The van der Waals surface area contributed by atoms with E-state index in [-0.39, 0.29) is 0 Å². The lowest BCUT2D eigenvalue weighted by atomic mass is 9.79. The van der Waals surface area contributed by atoms with Crippen molar-refractivity contribution in [1.82, 2.24) is 0 Å². The largest absolute Gasteiger partial charge is 0.378 e. The van der Waals surface area contributed by atoms with Crippen molar-refractivity contribution < 1.29 is 4.74 Å². The highest BCUT2D eigenvalue weighted by atomic mass is 16.5. The molecule has 0 spiro atoms. The van der Waals surface area contributed by atoms with E-state index in [2.05, 4.69) is 0 Å². The van der Waals surface area contributed by atoms with E-state index < -0.39 is 0 Å². The molecule has 3 saturated carbocycles. The molecular weight excluding hydrogens is 148 g/mol.